The number of rotatable bonds is 7. The van der Waals surface area contributed by atoms with Crippen LogP contribution in [0, 0.1) is 6.92 Å². The van der Waals surface area contributed by atoms with Crippen molar-refractivity contribution < 1.29 is 13.2 Å². The van der Waals surface area contributed by atoms with Crippen LogP contribution < -0.4 is 5.32 Å². The molecule has 9 heteroatoms. The zero-order valence-corrected chi connectivity index (χ0v) is 20.7. The first kappa shape index (κ1) is 23.7. The number of hydrogen-bond donors (Lipinski definition) is 1. The second kappa shape index (κ2) is 9.84. The maximum atomic E-state index is 13.0. The number of sulfonamides is 1. The molecular formula is C25H24N4O3S2. The highest BCUT2D eigenvalue weighted by Crippen LogP contribution is 2.34. The minimum absolute atomic E-state index is 0.103. The van der Waals surface area contributed by atoms with E-state index in [-0.39, 0.29) is 17.2 Å². The van der Waals surface area contributed by atoms with Crippen LogP contribution in [0.15, 0.2) is 78.0 Å². The second-order valence-electron chi connectivity index (χ2n) is 7.94. The highest BCUT2D eigenvalue weighted by Gasteiger charge is 2.20. The van der Waals surface area contributed by atoms with E-state index in [2.05, 4.69) is 10.3 Å². The lowest BCUT2D eigenvalue weighted by Gasteiger charge is -2.12. The molecule has 0 atom stereocenters. The van der Waals surface area contributed by atoms with Gasteiger partial charge in [-0.2, -0.15) is 0 Å². The van der Waals surface area contributed by atoms with Gasteiger partial charge in [0.1, 0.15) is 5.01 Å². The van der Waals surface area contributed by atoms with E-state index in [4.69, 9.17) is 4.98 Å². The van der Waals surface area contributed by atoms with Gasteiger partial charge in [-0.25, -0.2) is 17.7 Å². The second-order valence-corrected chi connectivity index (χ2v) is 11.2. The molecule has 0 saturated carbocycles. The summed E-state index contributed by atoms with van der Waals surface area (Å²) in [7, 11) is -0.661. The molecule has 0 bridgehead atoms. The van der Waals surface area contributed by atoms with Gasteiger partial charge in [0.2, 0.25) is 15.9 Å². The monoisotopic (exact) mass is 492 g/mol. The Morgan fingerprint density at radius 1 is 1.03 bits per heavy atom. The molecule has 0 aliphatic heterocycles. The van der Waals surface area contributed by atoms with Crippen LogP contribution in [0.4, 0.5) is 5.69 Å². The first-order chi connectivity index (χ1) is 16.2. The summed E-state index contributed by atoms with van der Waals surface area (Å²) in [5.74, 6) is -0.255. The largest absolute Gasteiger partial charge is 0.326 e. The summed E-state index contributed by atoms with van der Waals surface area (Å²) >= 11 is 1.45. The number of carbonyl (C=O) groups excluding carboxylic acids is 1. The summed E-state index contributed by atoms with van der Waals surface area (Å²) < 4.78 is 26.0. The summed E-state index contributed by atoms with van der Waals surface area (Å²) in [5, 5.41) is 3.61. The molecule has 2 aromatic heterocycles. The van der Waals surface area contributed by atoms with Crippen LogP contribution in [-0.2, 0) is 21.2 Å². The molecule has 0 fully saturated rings. The number of anilines is 1. The average Bonchev–Trinajstić information content (AvgIpc) is 3.23. The zero-order valence-electron chi connectivity index (χ0n) is 19.0. The van der Waals surface area contributed by atoms with Gasteiger partial charge in [-0.05, 0) is 37.3 Å². The Kier molecular flexibility index (Phi) is 6.87. The molecule has 0 unspecified atom stereocenters. The fourth-order valence-corrected chi connectivity index (χ4v) is 5.34. The predicted molar refractivity (Wildman–Crippen MR) is 135 cm³/mol. The molecule has 0 spiro atoms. The Hall–Kier alpha value is -3.40. The lowest BCUT2D eigenvalue weighted by molar-refractivity contribution is -0.115. The van der Waals surface area contributed by atoms with Gasteiger partial charge in [-0.3, -0.25) is 9.78 Å². The molecule has 174 valence electrons. The van der Waals surface area contributed by atoms with E-state index < -0.39 is 10.0 Å². The highest BCUT2D eigenvalue weighted by molar-refractivity contribution is 7.89. The van der Waals surface area contributed by atoms with Gasteiger partial charge in [-0.15, -0.1) is 11.3 Å². The van der Waals surface area contributed by atoms with Crippen molar-refractivity contribution in [2.24, 2.45) is 0 Å². The van der Waals surface area contributed by atoms with Gasteiger partial charge in [0.05, 0.1) is 17.0 Å². The SMILES string of the molecule is Cc1ccc(-c2nc(-c3cccnc3)sc2CC(=O)Nc2cccc(S(=O)(=O)N(C)C)c2)cc1. The molecule has 4 aromatic rings. The van der Waals surface area contributed by atoms with Gasteiger partial charge >= 0.3 is 0 Å². The summed E-state index contributed by atoms with van der Waals surface area (Å²) in [6.45, 7) is 2.02. The van der Waals surface area contributed by atoms with Gasteiger partial charge in [0.25, 0.3) is 0 Å². The van der Waals surface area contributed by atoms with E-state index >= 15 is 0 Å². The Labute approximate surface area is 203 Å². The number of benzene rings is 2. The molecule has 34 heavy (non-hydrogen) atoms. The van der Waals surface area contributed by atoms with Crippen LogP contribution in [0.1, 0.15) is 10.4 Å². The van der Waals surface area contributed by atoms with Crippen LogP contribution in [0.2, 0.25) is 0 Å². The van der Waals surface area contributed by atoms with E-state index in [1.165, 1.54) is 37.6 Å². The first-order valence-corrected chi connectivity index (χ1v) is 12.8. The number of aryl methyl sites for hydroxylation is 1. The van der Waals surface area contributed by atoms with Gasteiger partial charge in [-0.1, -0.05) is 35.9 Å². The number of nitrogens with zero attached hydrogens (tertiary/aromatic N) is 3. The third-order valence-corrected chi connectivity index (χ3v) is 8.06. The van der Waals surface area contributed by atoms with E-state index in [0.717, 1.165) is 36.6 Å². The van der Waals surface area contributed by atoms with E-state index in [0.29, 0.717) is 5.69 Å². The van der Waals surface area contributed by atoms with Crippen molar-refractivity contribution in [2.75, 3.05) is 19.4 Å². The molecule has 0 aliphatic rings. The summed E-state index contributed by atoms with van der Waals surface area (Å²) in [4.78, 5) is 22.9. The van der Waals surface area contributed by atoms with Crippen LogP contribution >= 0.6 is 11.3 Å². The molecule has 0 saturated heterocycles. The average molecular weight is 493 g/mol. The third kappa shape index (κ3) is 5.22. The normalized spacial score (nSPS) is 11.5. The fourth-order valence-electron chi connectivity index (χ4n) is 3.32. The lowest BCUT2D eigenvalue weighted by Crippen LogP contribution is -2.22. The van der Waals surface area contributed by atoms with E-state index in [1.54, 1.807) is 24.5 Å². The van der Waals surface area contributed by atoms with Crippen molar-refractivity contribution in [3.8, 4) is 21.8 Å². The highest BCUT2D eigenvalue weighted by atomic mass is 32.2. The molecule has 1 N–H and O–H groups in total. The molecule has 2 aromatic carbocycles. The predicted octanol–water partition coefficient (Wildman–Crippen LogP) is 4.61. The van der Waals surface area contributed by atoms with Crippen molar-refractivity contribution in [1.29, 1.82) is 0 Å². The Bertz CT molecular complexity index is 1410. The quantitative estimate of drug-likeness (QED) is 0.407. The maximum Gasteiger partial charge on any atom is 0.242 e. The molecule has 0 radical (unpaired) electrons. The maximum absolute atomic E-state index is 13.0. The van der Waals surface area contributed by atoms with Crippen molar-refractivity contribution in [3.63, 3.8) is 0 Å². The lowest BCUT2D eigenvalue weighted by atomic mass is 10.1. The summed E-state index contributed by atoms with van der Waals surface area (Å²) in [5.41, 5.74) is 4.12. The minimum Gasteiger partial charge on any atom is -0.326 e. The summed E-state index contributed by atoms with van der Waals surface area (Å²) in [6, 6.07) is 18.0. The molecular weight excluding hydrogens is 468 g/mol. The van der Waals surface area contributed by atoms with Gasteiger partial charge < -0.3 is 5.32 Å². The number of hydrogen-bond acceptors (Lipinski definition) is 6. The number of thiazole rings is 1. The molecule has 4 rings (SSSR count). The number of aromatic nitrogens is 2. The first-order valence-electron chi connectivity index (χ1n) is 10.5. The number of carbonyl (C=O) groups is 1. The zero-order chi connectivity index (χ0) is 24.3. The number of nitrogens with one attached hydrogen (secondary N) is 1. The van der Waals surface area contributed by atoms with Crippen molar-refractivity contribution in [3.05, 3.63) is 83.5 Å². The fraction of sp³-hybridized carbons (Fsp3) is 0.160. The molecule has 7 nitrogen and oxygen atoms in total. The van der Waals surface area contributed by atoms with Crippen LogP contribution in [0.3, 0.4) is 0 Å². The third-order valence-electron chi connectivity index (χ3n) is 5.15. The standard InChI is InChI=1S/C25H24N4O3S2/c1-17-9-11-18(12-10-17)24-22(33-25(28-24)19-6-5-13-26-16-19)15-23(30)27-20-7-4-8-21(14-20)34(31,32)29(2)3/h4-14,16H,15H2,1-3H3,(H,27,30). The molecule has 1 amide bonds. The minimum atomic E-state index is -3.60. The molecule has 0 aliphatic carbocycles. The van der Waals surface area contributed by atoms with Gasteiger partial charge in [0.15, 0.2) is 0 Å². The topological polar surface area (TPSA) is 92.3 Å². The van der Waals surface area contributed by atoms with Gasteiger partial charge in [0, 0.05) is 48.2 Å². The van der Waals surface area contributed by atoms with Crippen molar-refractivity contribution >= 4 is 33.0 Å². The van der Waals surface area contributed by atoms with Crippen LogP contribution in [-0.4, -0.2) is 42.7 Å². The van der Waals surface area contributed by atoms with E-state index in [9.17, 15) is 13.2 Å². The molecule has 2 heterocycles. The van der Waals surface area contributed by atoms with Crippen LogP contribution in [0.5, 0.6) is 0 Å². The van der Waals surface area contributed by atoms with Crippen LogP contribution in [0.25, 0.3) is 21.8 Å². The number of amides is 1. The Morgan fingerprint density at radius 3 is 2.47 bits per heavy atom. The van der Waals surface area contributed by atoms with E-state index in [1.807, 2.05) is 43.3 Å². The Morgan fingerprint density at radius 2 is 1.79 bits per heavy atom. The summed E-state index contributed by atoms with van der Waals surface area (Å²) in [6.07, 6.45) is 3.56. The Balaban J connectivity index is 1.62. The van der Waals surface area contributed by atoms with Crippen molar-refractivity contribution in [2.45, 2.75) is 18.2 Å². The number of pyridine rings is 1. The van der Waals surface area contributed by atoms with Crippen molar-refractivity contribution in [1.82, 2.24) is 14.3 Å². The smallest absolute Gasteiger partial charge is 0.242 e.